The Bertz CT molecular complexity index is 950. The summed E-state index contributed by atoms with van der Waals surface area (Å²) in [6.07, 6.45) is 3.65. The number of aryl methyl sites for hydroxylation is 2. The second kappa shape index (κ2) is 10.2. The Labute approximate surface area is 172 Å². The number of aromatic nitrogens is 4. The van der Waals surface area contributed by atoms with Gasteiger partial charge in [0.25, 0.3) is 0 Å². The standard InChI is InChI=1S/C18H22N8O4/c1-3-5-10-25-15(17(19-21-27)29-23-25)13-8-7-9-14(12-13)16-18(20-22-28)30-24-26(16)11-6-4-2/h7-9,12H,3-6,10-11H2,1-2H3. The summed E-state index contributed by atoms with van der Waals surface area (Å²) in [4.78, 5) is 0. The van der Waals surface area contributed by atoms with Gasteiger partial charge < -0.3 is 10.4 Å². The Morgan fingerprint density at radius 1 is 0.833 bits per heavy atom. The number of benzene rings is 1. The summed E-state index contributed by atoms with van der Waals surface area (Å²) in [5.41, 5.74) is 2.43. The van der Waals surface area contributed by atoms with Crippen LogP contribution in [0, 0.1) is 10.4 Å². The van der Waals surface area contributed by atoms with E-state index in [0.717, 1.165) is 25.7 Å². The molecule has 2 heterocycles. The van der Waals surface area contributed by atoms with Crippen LogP contribution in [0.1, 0.15) is 39.5 Å². The third kappa shape index (κ3) is 4.47. The Morgan fingerprint density at radius 2 is 1.30 bits per heavy atom. The van der Waals surface area contributed by atoms with E-state index in [2.05, 4.69) is 45.2 Å². The van der Waals surface area contributed by atoms with Crippen molar-refractivity contribution in [2.45, 2.75) is 52.6 Å². The van der Waals surface area contributed by atoms with Crippen molar-refractivity contribution in [3.05, 3.63) is 34.7 Å². The topological polar surface area (TPSA) is 155 Å². The Hall–Kier alpha value is -3.70. The van der Waals surface area contributed by atoms with Crippen LogP contribution in [0.4, 0.5) is 11.8 Å². The molecule has 0 bridgehead atoms. The molecule has 3 rings (SSSR count). The summed E-state index contributed by atoms with van der Waals surface area (Å²) in [5, 5.41) is 41.6. The van der Waals surface area contributed by atoms with Crippen LogP contribution in [-0.4, -0.2) is 10.5 Å². The lowest BCUT2D eigenvalue weighted by atomic mass is 10.1. The first-order valence-electron chi connectivity index (χ1n) is 9.70. The minimum atomic E-state index is 0.0156. The average Bonchev–Trinajstić information content (AvgIpc) is 3.35. The zero-order valence-electron chi connectivity index (χ0n) is 16.8. The predicted molar refractivity (Wildman–Crippen MR) is 103 cm³/mol. The molecule has 0 N–H and O–H groups in total. The maximum Gasteiger partial charge on any atom is 0.347 e. The molecule has 0 unspecified atom stereocenters. The lowest BCUT2D eigenvalue weighted by Gasteiger charge is -2.00. The van der Waals surface area contributed by atoms with Crippen LogP contribution >= 0.6 is 0 Å². The van der Waals surface area contributed by atoms with Gasteiger partial charge in [0.15, 0.2) is 13.1 Å². The SMILES string of the molecule is CCCC[n+]1noc(/N=N/[O-])c1-c1cccc(-c2c(/N=N/[O-])on[n+]2CCCC)c1. The van der Waals surface area contributed by atoms with Crippen LogP contribution in [0.5, 0.6) is 0 Å². The van der Waals surface area contributed by atoms with E-state index < -0.39 is 0 Å². The summed E-state index contributed by atoms with van der Waals surface area (Å²) >= 11 is 0. The normalized spacial score (nSPS) is 11.8. The fourth-order valence-corrected chi connectivity index (χ4v) is 3.05. The quantitative estimate of drug-likeness (QED) is 0.273. The highest BCUT2D eigenvalue weighted by Crippen LogP contribution is 2.33. The number of rotatable bonds is 10. The van der Waals surface area contributed by atoms with Crippen molar-refractivity contribution in [2.24, 2.45) is 20.8 Å². The number of unbranched alkanes of at least 4 members (excludes halogenated alkanes) is 2. The Balaban J connectivity index is 2.10. The van der Waals surface area contributed by atoms with Gasteiger partial charge >= 0.3 is 23.2 Å². The van der Waals surface area contributed by atoms with Gasteiger partial charge in [0, 0.05) is 12.8 Å². The molecular weight excluding hydrogens is 392 g/mol. The van der Waals surface area contributed by atoms with E-state index in [9.17, 15) is 10.4 Å². The highest BCUT2D eigenvalue weighted by molar-refractivity contribution is 5.73. The zero-order chi connectivity index (χ0) is 21.3. The minimum absolute atomic E-state index is 0.0156. The van der Waals surface area contributed by atoms with Gasteiger partial charge in [-0.1, -0.05) is 32.8 Å². The van der Waals surface area contributed by atoms with Crippen molar-refractivity contribution in [3.63, 3.8) is 0 Å². The van der Waals surface area contributed by atoms with Gasteiger partial charge in [-0.3, -0.25) is 9.05 Å². The minimum Gasteiger partial charge on any atom is -0.775 e. The smallest absolute Gasteiger partial charge is 0.347 e. The van der Waals surface area contributed by atoms with Crippen molar-refractivity contribution < 1.29 is 18.4 Å². The van der Waals surface area contributed by atoms with Crippen LogP contribution in [0.3, 0.4) is 0 Å². The maximum atomic E-state index is 10.7. The molecule has 0 aliphatic heterocycles. The molecule has 0 aliphatic rings. The van der Waals surface area contributed by atoms with Gasteiger partial charge in [0.2, 0.25) is 10.5 Å². The third-order valence-electron chi connectivity index (χ3n) is 4.49. The fourth-order valence-electron chi connectivity index (χ4n) is 3.05. The van der Waals surface area contributed by atoms with Crippen LogP contribution in [0.25, 0.3) is 22.5 Å². The molecule has 30 heavy (non-hydrogen) atoms. The zero-order valence-corrected chi connectivity index (χ0v) is 16.8. The maximum absolute atomic E-state index is 10.7. The predicted octanol–water partition coefficient (Wildman–Crippen LogP) is 4.33. The molecule has 0 amide bonds. The number of hydrogen-bond acceptors (Lipinski definition) is 10. The summed E-state index contributed by atoms with van der Waals surface area (Å²) in [7, 11) is 0. The fraction of sp³-hybridized carbons (Fsp3) is 0.444. The molecule has 0 atom stereocenters. The molecular formula is C18H22N8O4. The molecule has 0 radical (unpaired) electrons. The summed E-state index contributed by atoms with van der Waals surface area (Å²) in [6, 6.07) is 7.31. The largest absolute Gasteiger partial charge is 0.775 e. The van der Waals surface area contributed by atoms with E-state index in [0.29, 0.717) is 35.6 Å². The first kappa shape index (κ1) is 21.0. The summed E-state index contributed by atoms with van der Waals surface area (Å²) in [6.45, 7) is 5.30. The molecule has 158 valence electrons. The van der Waals surface area contributed by atoms with Gasteiger partial charge in [-0.25, -0.2) is 10.6 Å². The first-order valence-corrected chi connectivity index (χ1v) is 9.70. The van der Waals surface area contributed by atoms with Crippen LogP contribution in [0.2, 0.25) is 0 Å². The molecule has 0 spiro atoms. The van der Waals surface area contributed by atoms with Crippen molar-refractivity contribution in [3.8, 4) is 22.5 Å². The van der Waals surface area contributed by atoms with Crippen molar-refractivity contribution in [1.82, 2.24) is 10.5 Å². The van der Waals surface area contributed by atoms with Crippen LogP contribution < -0.4 is 9.36 Å². The second-order valence-corrected chi connectivity index (χ2v) is 6.55. The lowest BCUT2D eigenvalue weighted by Crippen LogP contribution is -2.38. The molecule has 3 aromatic rings. The molecule has 0 saturated carbocycles. The molecule has 0 saturated heterocycles. The Kier molecular flexibility index (Phi) is 7.14. The van der Waals surface area contributed by atoms with E-state index in [-0.39, 0.29) is 11.8 Å². The van der Waals surface area contributed by atoms with Crippen molar-refractivity contribution >= 4 is 11.8 Å². The van der Waals surface area contributed by atoms with Gasteiger partial charge in [-0.2, -0.15) is 0 Å². The molecule has 0 aliphatic carbocycles. The highest BCUT2D eigenvalue weighted by Gasteiger charge is 2.30. The van der Waals surface area contributed by atoms with E-state index in [1.165, 1.54) is 0 Å². The molecule has 2 aromatic heterocycles. The molecule has 1 aromatic carbocycles. The van der Waals surface area contributed by atoms with Crippen LogP contribution in [-0.2, 0) is 13.1 Å². The van der Waals surface area contributed by atoms with Gasteiger partial charge in [0.05, 0.1) is 11.1 Å². The van der Waals surface area contributed by atoms with Crippen molar-refractivity contribution in [1.29, 1.82) is 0 Å². The molecule has 12 nitrogen and oxygen atoms in total. The monoisotopic (exact) mass is 414 g/mol. The number of hydrogen-bond donors (Lipinski definition) is 0. The van der Waals surface area contributed by atoms with Gasteiger partial charge in [-0.05, 0) is 27.6 Å². The van der Waals surface area contributed by atoms with Gasteiger partial charge in [0.1, 0.15) is 0 Å². The van der Waals surface area contributed by atoms with Crippen molar-refractivity contribution in [2.75, 3.05) is 0 Å². The third-order valence-corrected chi connectivity index (χ3v) is 4.49. The molecule has 12 heteroatoms. The molecule has 0 fully saturated rings. The average molecular weight is 414 g/mol. The lowest BCUT2D eigenvalue weighted by molar-refractivity contribution is -0.753. The first-order chi connectivity index (χ1) is 14.7. The van der Waals surface area contributed by atoms with Crippen LogP contribution in [0.15, 0.2) is 54.1 Å². The second-order valence-electron chi connectivity index (χ2n) is 6.55. The van der Waals surface area contributed by atoms with Gasteiger partial charge in [-0.15, -0.1) is 10.2 Å². The van der Waals surface area contributed by atoms with E-state index in [1.54, 1.807) is 9.36 Å². The number of nitrogens with zero attached hydrogens (tertiary/aromatic N) is 8. The van der Waals surface area contributed by atoms with E-state index in [1.807, 2.05) is 24.3 Å². The summed E-state index contributed by atoms with van der Waals surface area (Å²) in [5.74, 6) is 0.0313. The Morgan fingerprint density at radius 3 is 1.70 bits per heavy atom. The highest BCUT2D eigenvalue weighted by atomic mass is 16.5. The summed E-state index contributed by atoms with van der Waals surface area (Å²) < 4.78 is 13.7. The van der Waals surface area contributed by atoms with E-state index in [4.69, 9.17) is 9.05 Å². The van der Waals surface area contributed by atoms with E-state index >= 15 is 0 Å².